The molecule has 0 saturated heterocycles. The lowest BCUT2D eigenvalue weighted by Gasteiger charge is -2.26. The molecule has 134 valence electrons. The van der Waals surface area contributed by atoms with E-state index in [0.717, 1.165) is 39.5 Å². The van der Waals surface area contributed by atoms with Gasteiger partial charge in [-0.1, -0.05) is 29.8 Å². The smallest absolute Gasteiger partial charge is 0.410 e. The van der Waals surface area contributed by atoms with Crippen LogP contribution in [0.4, 0.5) is 4.79 Å². The van der Waals surface area contributed by atoms with Crippen molar-refractivity contribution in [1.29, 1.82) is 0 Å². The minimum Gasteiger partial charge on any atom is -0.410 e. The predicted octanol–water partition coefficient (Wildman–Crippen LogP) is 4.93. The second kappa shape index (κ2) is 6.28. The van der Waals surface area contributed by atoms with Crippen LogP contribution in [0.15, 0.2) is 54.7 Å². The van der Waals surface area contributed by atoms with Gasteiger partial charge in [0.05, 0.1) is 17.6 Å². The summed E-state index contributed by atoms with van der Waals surface area (Å²) in [6, 6.07) is 14.9. The molecular formula is C21H16ClN3O2. The fourth-order valence-corrected chi connectivity index (χ4v) is 3.81. The number of aromatic amines is 1. The number of carbonyl (C=O) groups excluding carboxylic acids is 1. The number of fused-ring (bicyclic) bond motifs is 5. The van der Waals surface area contributed by atoms with Gasteiger partial charge < -0.3 is 14.6 Å². The van der Waals surface area contributed by atoms with Crippen molar-refractivity contribution < 1.29 is 9.53 Å². The maximum absolute atomic E-state index is 12.5. The van der Waals surface area contributed by atoms with E-state index >= 15 is 0 Å². The summed E-state index contributed by atoms with van der Waals surface area (Å²) < 4.78 is 5.49. The topological polar surface area (TPSA) is 58.2 Å². The van der Waals surface area contributed by atoms with E-state index in [1.807, 2.05) is 42.6 Å². The van der Waals surface area contributed by atoms with Crippen LogP contribution < -0.4 is 4.74 Å². The van der Waals surface area contributed by atoms with E-state index < -0.39 is 0 Å². The average molecular weight is 378 g/mol. The second-order valence-electron chi connectivity index (χ2n) is 6.64. The lowest BCUT2D eigenvalue weighted by Crippen LogP contribution is -2.37. The largest absolute Gasteiger partial charge is 0.415 e. The molecule has 1 aliphatic rings. The number of nitrogens with one attached hydrogen (secondary N) is 1. The minimum atomic E-state index is -0.332. The van der Waals surface area contributed by atoms with Gasteiger partial charge in [-0.15, -0.1) is 0 Å². The van der Waals surface area contributed by atoms with E-state index in [4.69, 9.17) is 16.3 Å². The predicted molar refractivity (Wildman–Crippen MR) is 105 cm³/mol. The average Bonchev–Trinajstić information content (AvgIpc) is 3.06. The number of para-hydroxylation sites is 1. The zero-order valence-corrected chi connectivity index (χ0v) is 15.2. The molecule has 0 bridgehead atoms. The summed E-state index contributed by atoms with van der Waals surface area (Å²) in [5, 5.41) is 2.74. The van der Waals surface area contributed by atoms with Gasteiger partial charge in [0.25, 0.3) is 0 Å². The van der Waals surface area contributed by atoms with Crippen molar-refractivity contribution in [2.45, 2.75) is 13.0 Å². The van der Waals surface area contributed by atoms with Crippen LogP contribution in [-0.2, 0) is 13.0 Å². The maximum atomic E-state index is 12.5. The van der Waals surface area contributed by atoms with Crippen molar-refractivity contribution in [1.82, 2.24) is 14.9 Å². The first-order valence-corrected chi connectivity index (χ1v) is 9.16. The molecule has 2 aromatic carbocycles. The monoisotopic (exact) mass is 377 g/mol. The van der Waals surface area contributed by atoms with Crippen LogP contribution in [-0.4, -0.2) is 27.5 Å². The number of H-pyrrole nitrogens is 1. The molecule has 0 aliphatic carbocycles. The zero-order chi connectivity index (χ0) is 18.4. The number of carbonyl (C=O) groups is 1. The molecule has 1 N–H and O–H groups in total. The molecule has 0 saturated carbocycles. The number of ether oxygens (including phenoxy) is 1. The third-order valence-corrected chi connectivity index (χ3v) is 5.22. The Labute approximate surface area is 160 Å². The molecule has 0 radical (unpaired) electrons. The lowest BCUT2D eigenvalue weighted by atomic mass is 10.0. The molecule has 1 amide bonds. The van der Waals surface area contributed by atoms with Crippen LogP contribution in [0.25, 0.3) is 21.8 Å². The van der Waals surface area contributed by atoms with Crippen LogP contribution in [0.5, 0.6) is 5.75 Å². The summed E-state index contributed by atoms with van der Waals surface area (Å²) >= 11 is 6.08. The van der Waals surface area contributed by atoms with Gasteiger partial charge in [-0.25, -0.2) is 4.79 Å². The third-order valence-electron chi connectivity index (χ3n) is 4.98. The first kappa shape index (κ1) is 16.1. The van der Waals surface area contributed by atoms with E-state index in [0.29, 0.717) is 23.9 Å². The van der Waals surface area contributed by atoms with Crippen LogP contribution in [0.2, 0.25) is 5.02 Å². The summed E-state index contributed by atoms with van der Waals surface area (Å²) in [7, 11) is 0. The summed E-state index contributed by atoms with van der Waals surface area (Å²) in [5.41, 5.74) is 4.15. The van der Waals surface area contributed by atoms with E-state index in [1.54, 1.807) is 17.0 Å². The molecule has 0 unspecified atom stereocenters. The normalized spacial score (nSPS) is 13.7. The lowest BCUT2D eigenvalue weighted by molar-refractivity contribution is 0.147. The Kier molecular flexibility index (Phi) is 3.76. The van der Waals surface area contributed by atoms with E-state index in [1.165, 1.54) is 0 Å². The Morgan fingerprint density at radius 2 is 2.00 bits per heavy atom. The van der Waals surface area contributed by atoms with Crippen LogP contribution >= 0.6 is 11.6 Å². The number of rotatable bonds is 1. The third kappa shape index (κ3) is 2.80. The summed E-state index contributed by atoms with van der Waals surface area (Å²) in [4.78, 5) is 22.4. The van der Waals surface area contributed by atoms with Gasteiger partial charge in [-0.05, 0) is 30.3 Å². The molecule has 4 aromatic rings. The quantitative estimate of drug-likeness (QED) is 0.512. The molecule has 27 heavy (non-hydrogen) atoms. The number of nitrogens with zero attached hydrogens (tertiary/aromatic N) is 2. The van der Waals surface area contributed by atoms with Crippen LogP contribution in [0.1, 0.15) is 11.3 Å². The van der Waals surface area contributed by atoms with Crippen molar-refractivity contribution in [2.75, 3.05) is 6.54 Å². The standard InChI is InChI=1S/C21H16ClN3O2/c22-13-6-7-15-19(10-13)23-11-16-17-12-25(9-8-18(17)24-20(15)16)21(26)27-14-4-2-1-3-5-14/h1-7,10-11,24H,8-9,12H2. The van der Waals surface area contributed by atoms with Gasteiger partial charge >= 0.3 is 6.09 Å². The van der Waals surface area contributed by atoms with Crippen LogP contribution in [0.3, 0.4) is 0 Å². The van der Waals surface area contributed by atoms with E-state index in [2.05, 4.69) is 9.97 Å². The number of halogens is 1. The molecule has 0 spiro atoms. The Bertz CT molecular complexity index is 1170. The number of amides is 1. The van der Waals surface area contributed by atoms with Crippen molar-refractivity contribution >= 4 is 39.5 Å². The number of hydrogen-bond donors (Lipinski definition) is 1. The Morgan fingerprint density at radius 1 is 1.15 bits per heavy atom. The molecule has 1 aliphatic heterocycles. The Hall–Kier alpha value is -3.05. The summed E-state index contributed by atoms with van der Waals surface area (Å²) in [5.74, 6) is 0.553. The van der Waals surface area contributed by atoms with Gasteiger partial charge in [0, 0.05) is 46.2 Å². The highest BCUT2D eigenvalue weighted by molar-refractivity contribution is 6.31. The molecule has 5 nitrogen and oxygen atoms in total. The molecule has 5 rings (SSSR count). The number of hydrogen-bond acceptors (Lipinski definition) is 3. The molecule has 3 heterocycles. The van der Waals surface area contributed by atoms with Gasteiger partial charge in [-0.3, -0.25) is 4.98 Å². The molecular weight excluding hydrogens is 362 g/mol. The van der Waals surface area contributed by atoms with Crippen molar-refractivity contribution in [3.63, 3.8) is 0 Å². The zero-order valence-electron chi connectivity index (χ0n) is 14.4. The van der Waals surface area contributed by atoms with Gasteiger partial charge in [0.15, 0.2) is 0 Å². The van der Waals surface area contributed by atoms with Gasteiger partial charge in [0.1, 0.15) is 5.75 Å². The number of benzene rings is 2. The van der Waals surface area contributed by atoms with Crippen molar-refractivity contribution in [3.05, 3.63) is 71.0 Å². The maximum Gasteiger partial charge on any atom is 0.415 e. The van der Waals surface area contributed by atoms with Crippen molar-refractivity contribution in [2.24, 2.45) is 0 Å². The fourth-order valence-electron chi connectivity index (χ4n) is 3.64. The highest BCUT2D eigenvalue weighted by atomic mass is 35.5. The van der Waals surface area contributed by atoms with Gasteiger partial charge in [0.2, 0.25) is 0 Å². The first-order chi connectivity index (χ1) is 13.2. The first-order valence-electron chi connectivity index (χ1n) is 8.78. The minimum absolute atomic E-state index is 0.332. The Morgan fingerprint density at radius 3 is 2.85 bits per heavy atom. The number of aromatic nitrogens is 2. The van der Waals surface area contributed by atoms with Crippen molar-refractivity contribution in [3.8, 4) is 5.75 Å². The van der Waals surface area contributed by atoms with Crippen LogP contribution in [0, 0.1) is 0 Å². The highest BCUT2D eigenvalue weighted by Crippen LogP contribution is 2.32. The van der Waals surface area contributed by atoms with Gasteiger partial charge in [-0.2, -0.15) is 0 Å². The number of pyridine rings is 1. The molecule has 0 fully saturated rings. The second-order valence-corrected chi connectivity index (χ2v) is 7.08. The van der Waals surface area contributed by atoms with E-state index in [9.17, 15) is 4.79 Å². The van der Waals surface area contributed by atoms with E-state index in [-0.39, 0.29) is 6.09 Å². The summed E-state index contributed by atoms with van der Waals surface area (Å²) in [6.45, 7) is 1.12. The highest BCUT2D eigenvalue weighted by Gasteiger charge is 2.26. The fraction of sp³-hybridized carbons (Fsp3) is 0.143. The molecule has 6 heteroatoms. The molecule has 2 aromatic heterocycles. The Balaban J connectivity index is 1.49. The molecule has 0 atom stereocenters. The summed E-state index contributed by atoms with van der Waals surface area (Å²) in [6.07, 6.45) is 2.28. The SMILES string of the molecule is O=C(Oc1ccccc1)N1CCc2[nH]c3c(cnc4cc(Cl)ccc43)c2C1.